The van der Waals surface area contributed by atoms with Gasteiger partial charge in [0, 0.05) is 22.3 Å². The van der Waals surface area contributed by atoms with Gasteiger partial charge in [0.05, 0.1) is 0 Å². The molecule has 0 saturated carbocycles. The highest BCUT2D eigenvalue weighted by atomic mass is 19.4. The van der Waals surface area contributed by atoms with E-state index in [2.05, 4.69) is 0 Å². The van der Waals surface area contributed by atoms with Crippen LogP contribution in [0.5, 0.6) is 0 Å². The monoisotopic (exact) mass is 446 g/mol. The second kappa shape index (κ2) is 5.75. The summed E-state index contributed by atoms with van der Waals surface area (Å²) in [4.78, 5) is 0. The largest absolute Gasteiger partial charge is 0.411 e. The van der Waals surface area contributed by atoms with Gasteiger partial charge in [-0.3, -0.25) is 0 Å². The van der Waals surface area contributed by atoms with Gasteiger partial charge in [0.15, 0.2) is 46.5 Å². The molecule has 0 nitrogen and oxygen atoms in total. The molecule has 0 atom stereocenters. The van der Waals surface area contributed by atoms with E-state index in [1.807, 2.05) is 0 Å². The van der Waals surface area contributed by atoms with Crippen LogP contribution in [0, 0.1) is 46.5 Å². The zero-order valence-electron chi connectivity index (χ0n) is 12.8. The lowest BCUT2D eigenvalue weighted by molar-refractivity contribution is -0.288. The van der Waals surface area contributed by atoms with E-state index < -0.39 is 86.6 Å². The molecule has 0 heterocycles. The second-order valence-corrected chi connectivity index (χ2v) is 5.76. The third-order valence-electron chi connectivity index (χ3n) is 4.38. The molecule has 3 rings (SSSR count). The van der Waals surface area contributed by atoms with Crippen LogP contribution in [0.2, 0.25) is 0 Å². The van der Waals surface area contributed by atoms with Gasteiger partial charge in [-0.2, -0.15) is 26.3 Å². The van der Waals surface area contributed by atoms with Crippen molar-refractivity contribution in [3.8, 4) is 11.1 Å². The molecule has 1 aliphatic carbocycles. The summed E-state index contributed by atoms with van der Waals surface area (Å²) in [6, 6.07) is 0. The Morgan fingerprint density at radius 2 is 0.621 bits per heavy atom. The predicted octanol–water partition coefficient (Wildman–Crippen LogP) is 6.19. The molecule has 14 heteroatoms. The summed E-state index contributed by atoms with van der Waals surface area (Å²) in [5, 5.41) is 0. The van der Waals surface area contributed by atoms with Crippen molar-refractivity contribution in [2.75, 3.05) is 0 Å². The Labute approximate surface area is 149 Å². The molecule has 2 aromatic carbocycles. The van der Waals surface area contributed by atoms with Crippen molar-refractivity contribution in [3.63, 3.8) is 0 Å². The topological polar surface area (TPSA) is 0 Å². The lowest BCUT2D eigenvalue weighted by atomic mass is 9.75. The molecule has 158 valence electrons. The first-order chi connectivity index (χ1) is 13.0. The fourth-order valence-electron chi connectivity index (χ4n) is 3.29. The molecule has 0 aliphatic heterocycles. The molecule has 0 bridgehead atoms. The highest BCUT2D eigenvalue weighted by Gasteiger charge is 2.78. The SMILES string of the molecule is Fc1c(F)c(F)c2c(c1F)-c1c(F)c(F)c(F)c(F)c1C2(C(F)(F)F)C(F)(F)F. The third-order valence-corrected chi connectivity index (χ3v) is 4.38. The summed E-state index contributed by atoms with van der Waals surface area (Å²) in [5.74, 6) is -24.9. The number of benzene rings is 2. The zero-order valence-corrected chi connectivity index (χ0v) is 12.8. The third kappa shape index (κ3) is 2.22. The molecule has 0 spiro atoms. The molecule has 0 fully saturated rings. The predicted molar refractivity (Wildman–Crippen MR) is 64.4 cm³/mol. The standard InChI is InChI=1S/C15F14/c16-5-1-2-4(8(19)12(23)10(21)6(2)17)13(14(24,25)26,15(27,28)29)3(1)7(18)11(22)9(5)20. The summed E-state index contributed by atoms with van der Waals surface area (Å²) >= 11 is 0. The van der Waals surface area contributed by atoms with Crippen molar-refractivity contribution in [1.29, 1.82) is 0 Å². The maximum Gasteiger partial charge on any atom is 0.411 e. The van der Waals surface area contributed by atoms with Crippen LogP contribution in [0.1, 0.15) is 11.1 Å². The highest BCUT2D eigenvalue weighted by molar-refractivity contribution is 5.84. The lowest BCUT2D eigenvalue weighted by Crippen LogP contribution is -2.54. The number of fused-ring (bicyclic) bond motifs is 3. The second-order valence-electron chi connectivity index (χ2n) is 5.76. The maximum absolute atomic E-state index is 14.1. The number of hydrogen-bond acceptors (Lipinski definition) is 0. The molecule has 0 N–H and O–H groups in total. The number of hydrogen-bond donors (Lipinski definition) is 0. The fraction of sp³-hybridized carbons (Fsp3) is 0.200. The smallest absolute Gasteiger partial charge is 0.203 e. The Hall–Kier alpha value is -2.54. The Bertz CT molecular complexity index is 974. The van der Waals surface area contributed by atoms with Crippen molar-refractivity contribution < 1.29 is 61.5 Å². The van der Waals surface area contributed by atoms with Crippen LogP contribution >= 0.6 is 0 Å². The summed E-state index contributed by atoms with van der Waals surface area (Å²) < 4.78 is 192. The Morgan fingerprint density at radius 3 is 0.862 bits per heavy atom. The van der Waals surface area contributed by atoms with E-state index in [0.717, 1.165) is 0 Å². The van der Waals surface area contributed by atoms with Gasteiger partial charge in [-0.1, -0.05) is 0 Å². The minimum absolute atomic E-state index is 2.58. The van der Waals surface area contributed by atoms with E-state index in [0.29, 0.717) is 0 Å². The van der Waals surface area contributed by atoms with E-state index >= 15 is 0 Å². The van der Waals surface area contributed by atoms with E-state index in [9.17, 15) is 61.5 Å². The van der Waals surface area contributed by atoms with Crippen molar-refractivity contribution in [3.05, 3.63) is 57.7 Å². The number of rotatable bonds is 0. The minimum atomic E-state index is -6.93. The van der Waals surface area contributed by atoms with E-state index in [1.165, 1.54) is 0 Å². The van der Waals surface area contributed by atoms with Crippen molar-refractivity contribution in [1.82, 2.24) is 0 Å². The van der Waals surface area contributed by atoms with Crippen LogP contribution in [0.4, 0.5) is 61.5 Å². The van der Waals surface area contributed by atoms with Gasteiger partial charge in [-0.05, 0) is 0 Å². The van der Waals surface area contributed by atoms with E-state index in [1.54, 1.807) is 0 Å². The molecule has 29 heavy (non-hydrogen) atoms. The van der Waals surface area contributed by atoms with Crippen LogP contribution in [0.15, 0.2) is 0 Å². The summed E-state index contributed by atoms with van der Waals surface area (Å²) in [6.45, 7) is 0. The van der Waals surface area contributed by atoms with E-state index in [4.69, 9.17) is 0 Å². The molecule has 0 saturated heterocycles. The Morgan fingerprint density at radius 1 is 0.379 bits per heavy atom. The van der Waals surface area contributed by atoms with Crippen LogP contribution in [-0.4, -0.2) is 12.4 Å². The first-order valence-corrected chi connectivity index (χ1v) is 6.90. The average Bonchev–Trinajstić information content (AvgIpc) is 2.94. The minimum Gasteiger partial charge on any atom is -0.203 e. The van der Waals surface area contributed by atoms with Gasteiger partial charge >= 0.3 is 12.4 Å². The van der Waals surface area contributed by atoms with Crippen molar-refractivity contribution >= 4 is 0 Å². The number of halogens is 14. The molecule has 0 aromatic heterocycles. The van der Waals surface area contributed by atoms with Crippen LogP contribution in [-0.2, 0) is 5.41 Å². The maximum atomic E-state index is 14.1. The Kier molecular flexibility index (Phi) is 4.20. The number of alkyl halides is 6. The van der Waals surface area contributed by atoms with Gasteiger partial charge in [-0.15, -0.1) is 0 Å². The van der Waals surface area contributed by atoms with Crippen LogP contribution in [0.25, 0.3) is 11.1 Å². The molecule has 0 unspecified atom stereocenters. The van der Waals surface area contributed by atoms with Gasteiger partial charge in [0.25, 0.3) is 0 Å². The average molecular weight is 446 g/mol. The lowest BCUT2D eigenvalue weighted by Gasteiger charge is -2.36. The molecule has 0 radical (unpaired) electrons. The van der Waals surface area contributed by atoms with Gasteiger partial charge in [0.1, 0.15) is 0 Å². The fourth-order valence-corrected chi connectivity index (χ4v) is 3.29. The normalized spacial score (nSPS) is 15.5. The van der Waals surface area contributed by atoms with Gasteiger partial charge < -0.3 is 0 Å². The van der Waals surface area contributed by atoms with Crippen molar-refractivity contribution in [2.45, 2.75) is 17.8 Å². The van der Waals surface area contributed by atoms with Crippen molar-refractivity contribution in [2.24, 2.45) is 0 Å². The van der Waals surface area contributed by atoms with Gasteiger partial charge in [0.2, 0.25) is 5.41 Å². The first kappa shape index (κ1) is 21.2. The highest BCUT2D eigenvalue weighted by Crippen LogP contribution is 2.66. The van der Waals surface area contributed by atoms with Gasteiger partial charge in [-0.25, -0.2) is 35.1 Å². The molecular formula is C15F14. The Balaban J connectivity index is 2.82. The van der Waals surface area contributed by atoms with Crippen LogP contribution < -0.4 is 0 Å². The quantitative estimate of drug-likeness (QED) is 0.257. The zero-order chi connectivity index (χ0) is 22.4. The molecule has 1 aliphatic rings. The summed E-state index contributed by atoms with van der Waals surface area (Å²) in [6.07, 6.45) is -13.9. The first-order valence-electron chi connectivity index (χ1n) is 6.90. The molecule has 2 aromatic rings. The van der Waals surface area contributed by atoms with Crippen LogP contribution in [0.3, 0.4) is 0 Å². The summed E-state index contributed by atoms with van der Waals surface area (Å²) in [5.41, 5.74) is -17.5. The van der Waals surface area contributed by atoms with E-state index in [-0.39, 0.29) is 0 Å². The molecule has 0 amide bonds. The molecular weight excluding hydrogens is 446 g/mol. The summed E-state index contributed by atoms with van der Waals surface area (Å²) in [7, 11) is 0.